The van der Waals surface area contributed by atoms with E-state index in [1.165, 1.54) is 0 Å². The van der Waals surface area contributed by atoms with Gasteiger partial charge in [-0.1, -0.05) is 11.6 Å². The smallest absolute Gasteiger partial charge is 0.152 e. The molecule has 1 aromatic heterocycles. The number of nitrogens with zero attached hydrogens (tertiary/aromatic N) is 2. The van der Waals surface area contributed by atoms with E-state index in [-0.39, 0.29) is 0 Å². The van der Waals surface area contributed by atoms with Crippen molar-refractivity contribution in [2.24, 2.45) is 0 Å². The summed E-state index contributed by atoms with van der Waals surface area (Å²) in [5.74, 6) is 0.873. The maximum atomic E-state index is 6.23. The molecular formula is C12H11ClN2O. The summed E-state index contributed by atoms with van der Waals surface area (Å²) in [5.41, 5.74) is 1.96. The average Bonchev–Trinajstić information content (AvgIpc) is 2.29. The molecule has 0 radical (unpaired) electrons. The van der Waals surface area contributed by atoms with Crippen LogP contribution in [-0.4, -0.2) is 23.7 Å². The molecule has 16 heavy (non-hydrogen) atoms. The van der Waals surface area contributed by atoms with E-state index < -0.39 is 0 Å². The third kappa shape index (κ3) is 1.44. The van der Waals surface area contributed by atoms with Crippen molar-refractivity contribution in [2.45, 2.75) is 6.54 Å². The molecule has 2 aromatic rings. The summed E-state index contributed by atoms with van der Waals surface area (Å²) in [4.78, 5) is 6.44. The van der Waals surface area contributed by atoms with Gasteiger partial charge in [0, 0.05) is 23.7 Å². The van der Waals surface area contributed by atoms with Crippen molar-refractivity contribution in [2.75, 3.05) is 13.8 Å². The molecular weight excluding hydrogens is 224 g/mol. The van der Waals surface area contributed by atoms with E-state index >= 15 is 0 Å². The molecule has 82 valence electrons. The van der Waals surface area contributed by atoms with Crippen molar-refractivity contribution >= 4 is 22.5 Å². The Bertz CT molecular complexity index is 556. The van der Waals surface area contributed by atoms with Gasteiger partial charge in [-0.05, 0) is 25.2 Å². The second-order valence-corrected chi connectivity index (χ2v) is 4.44. The lowest BCUT2D eigenvalue weighted by Crippen LogP contribution is -2.28. The van der Waals surface area contributed by atoms with E-state index in [9.17, 15) is 0 Å². The summed E-state index contributed by atoms with van der Waals surface area (Å²) in [6.07, 6.45) is 1.76. The first-order valence-electron chi connectivity index (χ1n) is 5.13. The van der Waals surface area contributed by atoms with Crippen LogP contribution in [0.25, 0.3) is 10.9 Å². The Morgan fingerprint density at radius 2 is 2.38 bits per heavy atom. The predicted octanol–water partition coefficient (Wildman–Crippen LogP) is 2.67. The van der Waals surface area contributed by atoms with Gasteiger partial charge in [0.1, 0.15) is 12.2 Å². The number of ether oxygens (including phenoxy) is 1. The first-order chi connectivity index (χ1) is 7.75. The second kappa shape index (κ2) is 3.61. The van der Waals surface area contributed by atoms with Gasteiger partial charge in [-0.3, -0.25) is 9.88 Å². The molecule has 3 rings (SSSR count). The lowest BCUT2D eigenvalue weighted by atomic mass is 10.1. The number of benzene rings is 1. The van der Waals surface area contributed by atoms with E-state index in [2.05, 4.69) is 9.88 Å². The number of hydrogen-bond acceptors (Lipinski definition) is 3. The van der Waals surface area contributed by atoms with Crippen LogP contribution in [0.2, 0.25) is 5.02 Å². The van der Waals surface area contributed by atoms with Gasteiger partial charge in [-0.25, -0.2) is 0 Å². The van der Waals surface area contributed by atoms with E-state index in [1.54, 1.807) is 6.20 Å². The molecule has 0 bridgehead atoms. The summed E-state index contributed by atoms with van der Waals surface area (Å²) in [5, 5.41) is 1.69. The summed E-state index contributed by atoms with van der Waals surface area (Å²) in [6, 6.07) is 5.82. The largest absolute Gasteiger partial charge is 0.476 e. The van der Waals surface area contributed by atoms with Gasteiger partial charge >= 0.3 is 0 Å². The fourth-order valence-electron chi connectivity index (χ4n) is 2.02. The average molecular weight is 235 g/mol. The van der Waals surface area contributed by atoms with Gasteiger partial charge < -0.3 is 4.74 Å². The molecule has 1 aliphatic rings. The minimum Gasteiger partial charge on any atom is -0.476 e. The third-order valence-electron chi connectivity index (χ3n) is 2.74. The highest BCUT2D eigenvalue weighted by molar-refractivity contribution is 6.35. The maximum absolute atomic E-state index is 6.23. The summed E-state index contributed by atoms with van der Waals surface area (Å²) in [6.45, 7) is 1.45. The van der Waals surface area contributed by atoms with Crippen molar-refractivity contribution in [3.05, 3.63) is 35.0 Å². The molecule has 0 spiro atoms. The highest BCUT2D eigenvalue weighted by Gasteiger charge is 2.19. The molecule has 4 heteroatoms. The lowest BCUT2D eigenvalue weighted by molar-refractivity contribution is 0.123. The highest BCUT2D eigenvalue weighted by atomic mass is 35.5. The van der Waals surface area contributed by atoms with Crippen LogP contribution in [0.5, 0.6) is 5.75 Å². The Hall–Kier alpha value is -1.32. The molecule has 2 heterocycles. The van der Waals surface area contributed by atoms with E-state index in [0.717, 1.165) is 33.8 Å². The Kier molecular flexibility index (Phi) is 2.23. The Balaban J connectivity index is 2.31. The Morgan fingerprint density at radius 1 is 1.50 bits per heavy atom. The van der Waals surface area contributed by atoms with Gasteiger partial charge in [0.15, 0.2) is 5.75 Å². The zero-order valence-corrected chi connectivity index (χ0v) is 9.66. The van der Waals surface area contributed by atoms with Crippen molar-refractivity contribution < 1.29 is 4.74 Å². The summed E-state index contributed by atoms with van der Waals surface area (Å²) in [7, 11) is 2.01. The number of halogens is 1. The highest BCUT2D eigenvalue weighted by Crippen LogP contribution is 2.36. The second-order valence-electron chi connectivity index (χ2n) is 4.03. The number of pyridine rings is 1. The van der Waals surface area contributed by atoms with E-state index in [4.69, 9.17) is 16.3 Å². The van der Waals surface area contributed by atoms with Crippen LogP contribution in [0.1, 0.15) is 5.56 Å². The quantitative estimate of drug-likeness (QED) is 0.701. The van der Waals surface area contributed by atoms with Crippen molar-refractivity contribution in [3.63, 3.8) is 0 Å². The first-order valence-corrected chi connectivity index (χ1v) is 5.51. The summed E-state index contributed by atoms with van der Waals surface area (Å²) >= 11 is 6.23. The van der Waals surface area contributed by atoms with Gasteiger partial charge in [0.05, 0.1) is 5.02 Å². The molecule has 0 amide bonds. The molecule has 0 unspecified atom stereocenters. The molecule has 0 fully saturated rings. The van der Waals surface area contributed by atoms with Crippen molar-refractivity contribution in [3.8, 4) is 5.75 Å². The van der Waals surface area contributed by atoms with Crippen LogP contribution in [0.3, 0.4) is 0 Å². The Morgan fingerprint density at radius 3 is 3.25 bits per heavy atom. The SMILES string of the molecule is CN1COc2c(cc(Cl)c3cccnc23)C1. The van der Waals surface area contributed by atoms with Gasteiger partial charge in [-0.2, -0.15) is 0 Å². The van der Waals surface area contributed by atoms with Crippen LogP contribution in [0, 0.1) is 0 Å². The number of aromatic nitrogens is 1. The van der Waals surface area contributed by atoms with Crippen LogP contribution >= 0.6 is 11.6 Å². The minimum absolute atomic E-state index is 0.598. The summed E-state index contributed by atoms with van der Waals surface area (Å²) < 4.78 is 5.71. The van der Waals surface area contributed by atoms with Gasteiger partial charge in [0.25, 0.3) is 0 Å². The third-order valence-corrected chi connectivity index (χ3v) is 3.05. The van der Waals surface area contributed by atoms with Crippen LogP contribution in [0.15, 0.2) is 24.4 Å². The molecule has 1 aromatic carbocycles. The fourth-order valence-corrected chi connectivity index (χ4v) is 2.30. The van der Waals surface area contributed by atoms with Crippen LogP contribution < -0.4 is 4.74 Å². The Labute approximate surface area is 98.6 Å². The maximum Gasteiger partial charge on any atom is 0.152 e. The monoisotopic (exact) mass is 234 g/mol. The normalized spacial score (nSPS) is 15.9. The molecule has 0 atom stereocenters. The zero-order valence-electron chi connectivity index (χ0n) is 8.90. The number of hydrogen-bond donors (Lipinski definition) is 0. The topological polar surface area (TPSA) is 25.4 Å². The number of fused-ring (bicyclic) bond motifs is 3. The van der Waals surface area contributed by atoms with Crippen LogP contribution in [-0.2, 0) is 6.54 Å². The molecule has 0 aliphatic carbocycles. The lowest BCUT2D eigenvalue weighted by Gasteiger charge is -2.26. The van der Waals surface area contributed by atoms with Gasteiger partial charge in [0.2, 0.25) is 0 Å². The molecule has 0 saturated carbocycles. The van der Waals surface area contributed by atoms with Crippen molar-refractivity contribution in [1.29, 1.82) is 0 Å². The number of rotatable bonds is 0. The van der Waals surface area contributed by atoms with Gasteiger partial charge in [-0.15, -0.1) is 0 Å². The molecule has 0 saturated heterocycles. The zero-order chi connectivity index (χ0) is 11.1. The van der Waals surface area contributed by atoms with Crippen molar-refractivity contribution in [1.82, 2.24) is 9.88 Å². The molecule has 3 nitrogen and oxygen atoms in total. The first kappa shape index (κ1) is 9.87. The standard InChI is InChI=1S/C12H11ClN2O/c1-15-6-8-5-10(13)9-3-2-4-14-11(9)12(8)16-7-15/h2-5H,6-7H2,1H3. The predicted molar refractivity (Wildman–Crippen MR) is 63.7 cm³/mol. The van der Waals surface area contributed by atoms with E-state index in [1.807, 2.05) is 25.2 Å². The van der Waals surface area contributed by atoms with E-state index in [0.29, 0.717) is 6.73 Å². The molecule has 0 N–H and O–H groups in total. The molecule has 1 aliphatic heterocycles. The van der Waals surface area contributed by atoms with Crippen LogP contribution in [0.4, 0.5) is 0 Å². The minimum atomic E-state index is 0.598. The fraction of sp³-hybridized carbons (Fsp3) is 0.250.